The fraction of sp³-hybridized carbons (Fsp3) is 0.267. The molecule has 0 bridgehead atoms. The van der Waals surface area contributed by atoms with E-state index in [-0.39, 0.29) is 0 Å². The number of thioether (sulfide) groups is 1. The first-order valence-electron chi connectivity index (χ1n) is 6.32. The van der Waals surface area contributed by atoms with Crippen LogP contribution in [-0.2, 0) is 6.54 Å². The van der Waals surface area contributed by atoms with Crippen LogP contribution < -0.4 is 9.64 Å². The molecule has 0 saturated heterocycles. The molecule has 0 amide bonds. The van der Waals surface area contributed by atoms with Crippen LogP contribution in [0.3, 0.4) is 0 Å². The highest BCUT2D eigenvalue weighted by molar-refractivity contribution is 7.98. The lowest BCUT2D eigenvalue weighted by Crippen LogP contribution is -2.19. The molecular formula is C15H16N4OS. The zero-order valence-corrected chi connectivity index (χ0v) is 13.0. The summed E-state index contributed by atoms with van der Waals surface area (Å²) in [6, 6.07) is 10.0. The van der Waals surface area contributed by atoms with Gasteiger partial charge in [0.2, 0.25) is 0 Å². The Kier molecular flexibility index (Phi) is 5.01. The number of methoxy groups -OCH3 is 1. The zero-order chi connectivity index (χ0) is 15.2. The van der Waals surface area contributed by atoms with Gasteiger partial charge in [0.15, 0.2) is 5.82 Å². The molecule has 0 aliphatic heterocycles. The Hall–Kier alpha value is -2.26. The van der Waals surface area contributed by atoms with Crippen LogP contribution in [0.15, 0.2) is 35.6 Å². The van der Waals surface area contributed by atoms with Crippen molar-refractivity contribution in [2.24, 2.45) is 0 Å². The van der Waals surface area contributed by atoms with Crippen molar-refractivity contribution in [2.75, 3.05) is 25.3 Å². The van der Waals surface area contributed by atoms with Gasteiger partial charge < -0.3 is 9.64 Å². The number of nitrogens with zero attached hydrogens (tertiary/aromatic N) is 4. The van der Waals surface area contributed by atoms with Gasteiger partial charge in [-0.25, -0.2) is 9.97 Å². The molecule has 0 radical (unpaired) electrons. The molecule has 0 saturated carbocycles. The minimum Gasteiger partial charge on any atom is -0.497 e. The first-order chi connectivity index (χ1) is 10.2. The van der Waals surface area contributed by atoms with Crippen molar-refractivity contribution in [2.45, 2.75) is 11.6 Å². The number of rotatable bonds is 5. The van der Waals surface area contributed by atoms with E-state index in [9.17, 15) is 5.26 Å². The van der Waals surface area contributed by atoms with E-state index in [1.165, 1.54) is 18.1 Å². The van der Waals surface area contributed by atoms with Crippen LogP contribution in [0, 0.1) is 11.3 Å². The molecule has 0 fully saturated rings. The van der Waals surface area contributed by atoms with Crippen LogP contribution in [0.5, 0.6) is 5.75 Å². The van der Waals surface area contributed by atoms with Gasteiger partial charge in [-0.3, -0.25) is 0 Å². The second-order valence-corrected chi connectivity index (χ2v) is 5.19. The van der Waals surface area contributed by atoms with Gasteiger partial charge in [0.05, 0.1) is 7.11 Å². The van der Waals surface area contributed by atoms with Gasteiger partial charge in [-0.05, 0) is 24.0 Å². The van der Waals surface area contributed by atoms with Gasteiger partial charge in [0.25, 0.3) is 0 Å². The molecule has 108 valence electrons. The predicted octanol–water partition coefficient (Wildman–Crippen LogP) is 2.72. The van der Waals surface area contributed by atoms with Crippen molar-refractivity contribution in [1.82, 2.24) is 9.97 Å². The molecule has 5 nitrogen and oxygen atoms in total. The topological polar surface area (TPSA) is 62.0 Å². The number of aromatic nitrogens is 2. The highest BCUT2D eigenvalue weighted by Crippen LogP contribution is 2.25. The maximum Gasteiger partial charge on any atom is 0.151 e. The van der Waals surface area contributed by atoms with E-state index >= 15 is 0 Å². The van der Waals surface area contributed by atoms with E-state index in [1.807, 2.05) is 42.5 Å². The summed E-state index contributed by atoms with van der Waals surface area (Å²) in [6.45, 7) is 0.656. The van der Waals surface area contributed by atoms with Crippen molar-refractivity contribution in [3.63, 3.8) is 0 Å². The minimum absolute atomic E-state index is 0.515. The molecule has 2 rings (SSSR count). The number of ether oxygens (including phenoxy) is 1. The number of anilines is 1. The summed E-state index contributed by atoms with van der Waals surface area (Å²) in [6.07, 6.45) is 3.39. The summed E-state index contributed by atoms with van der Waals surface area (Å²) < 4.78 is 5.15. The Morgan fingerprint density at radius 3 is 2.57 bits per heavy atom. The Morgan fingerprint density at radius 2 is 2.00 bits per heavy atom. The van der Waals surface area contributed by atoms with E-state index in [1.54, 1.807) is 7.11 Å². The van der Waals surface area contributed by atoms with Gasteiger partial charge in [-0.1, -0.05) is 12.1 Å². The molecule has 0 aliphatic carbocycles. The maximum atomic E-state index is 9.33. The Morgan fingerprint density at radius 1 is 1.29 bits per heavy atom. The quantitative estimate of drug-likeness (QED) is 0.625. The van der Waals surface area contributed by atoms with Crippen LogP contribution in [0.25, 0.3) is 0 Å². The van der Waals surface area contributed by atoms with Gasteiger partial charge in [-0.15, -0.1) is 11.8 Å². The maximum absolute atomic E-state index is 9.33. The average Bonchev–Trinajstić information content (AvgIpc) is 2.54. The summed E-state index contributed by atoms with van der Waals surface area (Å²) in [5.74, 6) is 1.47. The first-order valence-corrected chi connectivity index (χ1v) is 7.55. The number of nitriles is 1. The lowest BCUT2D eigenvalue weighted by molar-refractivity contribution is 0.414. The Labute approximate surface area is 128 Å². The molecule has 1 heterocycles. The molecule has 0 atom stereocenters. The molecule has 6 heteroatoms. The fourth-order valence-corrected chi connectivity index (χ4v) is 2.48. The standard InChI is InChI=1S/C15H16N4OS/c1-19(9-11-4-6-12(20-2)7-5-11)14-13(8-16)15(21-3)18-10-17-14/h4-7,10H,9H2,1-3H3. The summed E-state index contributed by atoms with van der Waals surface area (Å²) in [7, 11) is 3.56. The second kappa shape index (κ2) is 6.95. The summed E-state index contributed by atoms with van der Waals surface area (Å²) >= 11 is 1.45. The van der Waals surface area contributed by atoms with E-state index < -0.39 is 0 Å². The average molecular weight is 300 g/mol. The summed E-state index contributed by atoms with van der Waals surface area (Å²) in [4.78, 5) is 10.3. The second-order valence-electron chi connectivity index (χ2n) is 4.40. The third-order valence-corrected chi connectivity index (χ3v) is 3.73. The van der Waals surface area contributed by atoms with Gasteiger partial charge in [-0.2, -0.15) is 5.26 Å². The highest BCUT2D eigenvalue weighted by atomic mass is 32.2. The molecule has 2 aromatic rings. The SMILES string of the molecule is COc1ccc(CN(C)c2ncnc(SC)c2C#N)cc1. The fourth-order valence-electron chi connectivity index (χ4n) is 1.98. The molecule has 1 aromatic carbocycles. The number of hydrogen-bond donors (Lipinski definition) is 0. The molecule has 1 aromatic heterocycles. The van der Waals surface area contributed by atoms with Gasteiger partial charge in [0, 0.05) is 13.6 Å². The van der Waals surface area contributed by atoms with Crippen molar-refractivity contribution < 1.29 is 4.74 Å². The highest BCUT2D eigenvalue weighted by Gasteiger charge is 2.14. The minimum atomic E-state index is 0.515. The van der Waals surface area contributed by atoms with Crippen molar-refractivity contribution in [3.05, 3.63) is 41.7 Å². The zero-order valence-electron chi connectivity index (χ0n) is 12.2. The molecule has 21 heavy (non-hydrogen) atoms. The van der Waals surface area contributed by atoms with E-state index in [2.05, 4.69) is 16.0 Å². The normalized spacial score (nSPS) is 10.0. The van der Waals surface area contributed by atoms with Gasteiger partial charge >= 0.3 is 0 Å². The first kappa shape index (κ1) is 15.1. The number of hydrogen-bond acceptors (Lipinski definition) is 6. The third-order valence-electron chi connectivity index (χ3n) is 3.04. The van der Waals surface area contributed by atoms with Crippen molar-refractivity contribution >= 4 is 17.6 Å². The van der Waals surface area contributed by atoms with Crippen LogP contribution in [0.4, 0.5) is 5.82 Å². The third kappa shape index (κ3) is 3.44. The van der Waals surface area contributed by atoms with Crippen LogP contribution in [0.1, 0.15) is 11.1 Å². The van der Waals surface area contributed by atoms with Gasteiger partial charge in [0.1, 0.15) is 28.7 Å². The smallest absolute Gasteiger partial charge is 0.151 e. The van der Waals surface area contributed by atoms with Crippen molar-refractivity contribution in [1.29, 1.82) is 5.26 Å². The van der Waals surface area contributed by atoms with Crippen LogP contribution in [-0.4, -0.2) is 30.4 Å². The summed E-state index contributed by atoms with van der Waals surface area (Å²) in [5, 5.41) is 10.0. The summed E-state index contributed by atoms with van der Waals surface area (Å²) in [5.41, 5.74) is 1.63. The molecular weight excluding hydrogens is 284 g/mol. The lowest BCUT2D eigenvalue weighted by atomic mass is 10.2. The lowest BCUT2D eigenvalue weighted by Gasteiger charge is -2.20. The predicted molar refractivity (Wildman–Crippen MR) is 83.6 cm³/mol. The molecule has 0 spiro atoms. The van der Waals surface area contributed by atoms with E-state index in [0.29, 0.717) is 23.0 Å². The number of benzene rings is 1. The van der Waals surface area contributed by atoms with E-state index in [0.717, 1.165) is 11.3 Å². The Balaban J connectivity index is 2.23. The molecule has 0 aliphatic rings. The monoisotopic (exact) mass is 300 g/mol. The van der Waals surface area contributed by atoms with Crippen molar-refractivity contribution in [3.8, 4) is 11.8 Å². The Bertz CT molecular complexity index is 652. The van der Waals surface area contributed by atoms with E-state index in [4.69, 9.17) is 4.74 Å². The van der Waals surface area contributed by atoms with Crippen LogP contribution >= 0.6 is 11.8 Å². The molecule has 0 N–H and O–H groups in total. The molecule has 0 unspecified atom stereocenters. The van der Waals surface area contributed by atoms with Crippen LogP contribution in [0.2, 0.25) is 0 Å². The largest absolute Gasteiger partial charge is 0.497 e.